The summed E-state index contributed by atoms with van der Waals surface area (Å²) < 4.78 is 32.3. The molecule has 0 saturated carbocycles. The van der Waals surface area contributed by atoms with Crippen LogP contribution in [0, 0.1) is 17.6 Å². The molecule has 1 saturated heterocycles. The van der Waals surface area contributed by atoms with E-state index in [-0.39, 0.29) is 30.0 Å². The Morgan fingerprint density at radius 2 is 1.63 bits per heavy atom. The van der Waals surface area contributed by atoms with E-state index in [9.17, 15) is 13.6 Å². The van der Waals surface area contributed by atoms with Gasteiger partial charge in [0.1, 0.15) is 11.6 Å². The third-order valence-corrected chi connectivity index (χ3v) is 5.12. The normalized spacial score (nSPS) is 16.5. The minimum absolute atomic E-state index is 0. The number of nitrogens with zero attached hydrogens (tertiary/aromatic N) is 1. The van der Waals surface area contributed by atoms with Crippen molar-refractivity contribution in [3.8, 4) is 0 Å². The van der Waals surface area contributed by atoms with E-state index < -0.39 is 5.97 Å². The number of rotatable bonds is 8. The van der Waals surface area contributed by atoms with E-state index in [2.05, 4.69) is 4.90 Å². The van der Waals surface area contributed by atoms with Crippen LogP contribution in [-0.4, -0.2) is 48.8 Å². The first-order chi connectivity index (χ1) is 14.0. The van der Waals surface area contributed by atoms with Crippen LogP contribution in [-0.2, 0) is 9.53 Å². The van der Waals surface area contributed by atoms with Crippen LogP contribution < -0.4 is 0 Å². The van der Waals surface area contributed by atoms with Crippen LogP contribution >= 0.6 is 12.4 Å². The molecule has 0 amide bonds. The molecule has 2 aromatic carbocycles. The number of carboxylic acids is 1. The van der Waals surface area contributed by atoms with E-state index in [0.717, 1.165) is 36.1 Å². The second-order valence-electron chi connectivity index (χ2n) is 7.18. The maximum atomic E-state index is 13.3. The van der Waals surface area contributed by atoms with Gasteiger partial charge in [0.2, 0.25) is 0 Å². The first-order valence-electron chi connectivity index (χ1n) is 9.78. The van der Waals surface area contributed by atoms with Gasteiger partial charge in [-0.1, -0.05) is 30.3 Å². The number of ether oxygens (including phenoxy) is 1. The summed E-state index contributed by atoms with van der Waals surface area (Å²) >= 11 is 0. The molecule has 1 aliphatic rings. The van der Waals surface area contributed by atoms with E-state index in [1.807, 2.05) is 6.08 Å². The lowest BCUT2D eigenvalue weighted by Gasteiger charge is -2.30. The smallest absolute Gasteiger partial charge is 0.307 e. The van der Waals surface area contributed by atoms with E-state index in [1.54, 1.807) is 24.3 Å². The summed E-state index contributed by atoms with van der Waals surface area (Å²) in [6.07, 6.45) is 3.51. The molecule has 0 bridgehead atoms. The fourth-order valence-electron chi connectivity index (χ4n) is 3.54. The third kappa shape index (κ3) is 6.90. The van der Waals surface area contributed by atoms with E-state index in [0.29, 0.717) is 26.3 Å². The number of hydrogen-bond acceptors (Lipinski definition) is 3. The number of likely N-dealkylation sites (tertiary alicyclic amines) is 1. The highest BCUT2D eigenvalue weighted by atomic mass is 35.5. The second-order valence-corrected chi connectivity index (χ2v) is 7.18. The molecule has 30 heavy (non-hydrogen) atoms. The number of piperidine rings is 1. The summed E-state index contributed by atoms with van der Waals surface area (Å²) in [6.45, 7) is 2.97. The van der Waals surface area contributed by atoms with E-state index in [4.69, 9.17) is 9.84 Å². The third-order valence-electron chi connectivity index (χ3n) is 5.12. The summed E-state index contributed by atoms with van der Waals surface area (Å²) in [4.78, 5) is 13.3. The Labute approximate surface area is 181 Å². The molecule has 1 fully saturated rings. The first-order valence-corrected chi connectivity index (χ1v) is 9.78. The predicted octanol–water partition coefficient (Wildman–Crippen LogP) is 4.63. The van der Waals surface area contributed by atoms with E-state index >= 15 is 0 Å². The van der Waals surface area contributed by atoms with Crippen LogP contribution in [0.15, 0.2) is 54.6 Å². The van der Waals surface area contributed by atoms with Gasteiger partial charge < -0.3 is 14.7 Å². The molecule has 2 aromatic rings. The molecule has 0 aliphatic carbocycles. The molecule has 7 heteroatoms. The zero-order chi connectivity index (χ0) is 20.6. The second kappa shape index (κ2) is 11.8. The Morgan fingerprint density at radius 3 is 2.17 bits per heavy atom. The number of aliphatic carboxylic acids is 1. The van der Waals surface area contributed by atoms with Crippen molar-refractivity contribution in [2.24, 2.45) is 5.92 Å². The predicted molar refractivity (Wildman–Crippen MR) is 115 cm³/mol. The van der Waals surface area contributed by atoms with Gasteiger partial charge >= 0.3 is 5.97 Å². The summed E-state index contributed by atoms with van der Waals surface area (Å²) in [6, 6.07) is 12.3. The molecule has 1 N–H and O–H groups in total. The van der Waals surface area contributed by atoms with Crippen molar-refractivity contribution in [2.75, 3.05) is 32.8 Å². The molecular weight excluding hydrogens is 412 g/mol. The Morgan fingerprint density at radius 1 is 1.07 bits per heavy atom. The largest absolute Gasteiger partial charge is 0.481 e. The minimum Gasteiger partial charge on any atom is -0.481 e. The Bertz CT molecular complexity index is 793. The molecule has 162 valence electrons. The fraction of sp³-hybridized carbons (Fsp3) is 0.348. The molecule has 0 radical (unpaired) electrons. The topological polar surface area (TPSA) is 49.8 Å². The van der Waals surface area contributed by atoms with E-state index in [1.165, 1.54) is 24.3 Å². The summed E-state index contributed by atoms with van der Waals surface area (Å²) in [5, 5.41) is 9.16. The van der Waals surface area contributed by atoms with Crippen LogP contribution in [0.25, 0.3) is 5.57 Å². The van der Waals surface area contributed by atoms with Gasteiger partial charge in [-0.15, -0.1) is 12.4 Å². The first kappa shape index (κ1) is 24.0. The molecular formula is C23H26ClF2NO3. The van der Waals surface area contributed by atoms with Gasteiger partial charge in [-0.3, -0.25) is 4.79 Å². The highest BCUT2D eigenvalue weighted by molar-refractivity contribution is 5.85. The minimum atomic E-state index is -0.734. The molecule has 1 heterocycles. The van der Waals surface area contributed by atoms with Gasteiger partial charge in [-0.2, -0.15) is 0 Å². The fourth-order valence-corrected chi connectivity index (χ4v) is 3.54. The summed E-state index contributed by atoms with van der Waals surface area (Å²) in [7, 11) is 0. The SMILES string of the molecule is Cl.O=C(O)C1CCCN(CCOCC=C(c2ccc(F)cc2)c2ccc(F)cc2)C1. The van der Waals surface area contributed by atoms with Crippen LogP contribution in [0.2, 0.25) is 0 Å². The molecule has 1 unspecified atom stereocenters. The van der Waals surface area contributed by atoms with Gasteiger partial charge in [0.25, 0.3) is 0 Å². The Balaban J connectivity index is 0.00000320. The highest BCUT2D eigenvalue weighted by Gasteiger charge is 2.24. The standard InChI is InChI=1S/C23H25F2NO3.ClH/c24-20-7-3-17(4-8-20)22(18-5-9-21(25)10-6-18)11-14-29-15-13-26-12-1-2-19(16-26)23(27)28;/h3-11,19H,1-2,12-16H2,(H,27,28);1H. The lowest BCUT2D eigenvalue weighted by molar-refractivity contribution is -0.143. The van der Waals surface area contributed by atoms with Crippen molar-refractivity contribution in [1.82, 2.24) is 4.90 Å². The van der Waals surface area contributed by atoms with Gasteiger partial charge in [0.15, 0.2) is 0 Å². The van der Waals surface area contributed by atoms with Crippen molar-refractivity contribution < 1.29 is 23.4 Å². The van der Waals surface area contributed by atoms with Gasteiger partial charge in [0, 0.05) is 13.1 Å². The summed E-state index contributed by atoms with van der Waals surface area (Å²) in [5.41, 5.74) is 2.48. The monoisotopic (exact) mass is 437 g/mol. The zero-order valence-corrected chi connectivity index (χ0v) is 17.4. The molecule has 4 nitrogen and oxygen atoms in total. The summed E-state index contributed by atoms with van der Waals surface area (Å²) in [5.74, 6) is -1.66. The molecule has 3 rings (SSSR count). The number of halogens is 3. The van der Waals surface area contributed by atoms with Crippen LogP contribution in [0.1, 0.15) is 24.0 Å². The quantitative estimate of drug-likeness (QED) is 0.612. The zero-order valence-electron chi connectivity index (χ0n) is 16.6. The van der Waals surface area contributed by atoms with Crippen LogP contribution in [0.4, 0.5) is 8.78 Å². The lowest BCUT2D eigenvalue weighted by Crippen LogP contribution is -2.40. The maximum Gasteiger partial charge on any atom is 0.307 e. The van der Waals surface area contributed by atoms with Gasteiger partial charge in [0.05, 0.1) is 19.1 Å². The lowest BCUT2D eigenvalue weighted by atomic mass is 9.97. The van der Waals surface area contributed by atoms with Gasteiger partial charge in [-0.05, 0) is 60.4 Å². The molecule has 1 atom stereocenters. The average Bonchev–Trinajstić information content (AvgIpc) is 2.73. The molecule has 0 aromatic heterocycles. The van der Waals surface area contributed by atoms with Crippen molar-refractivity contribution in [2.45, 2.75) is 12.8 Å². The molecule has 1 aliphatic heterocycles. The van der Waals surface area contributed by atoms with Crippen LogP contribution in [0.5, 0.6) is 0 Å². The highest BCUT2D eigenvalue weighted by Crippen LogP contribution is 2.24. The number of hydrogen-bond donors (Lipinski definition) is 1. The van der Waals surface area contributed by atoms with Crippen molar-refractivity contribution >= 4 is 23.9 Å². The number of carboxylic acid groups (broad SMARTS) is 1. The average molecular weight is 438 g/mol. The van der Waals surface area contributed by atoms with Gasteiger partial charge in [-0.25, -0.2) is 8.78 Å². The molecule has 0 spiro atoms. The van der Waals surface area contributed by atoms with Crippen molar-refractivity contribution in [3.05, 3.63) is 77.4 Å². The Kier molecular flexibility index (Phi) is 9.43. The number of benzene rings is 2. The number of carbonyl (C=O) groups is 1. The maximum absolute atomic E-state index is 13.3. The van der Waals surface area contributed by atoms with Crippen LogP contribution in [0.3, 0.4) is 0 Å². The Hall–Kier alpha value is -2.28. The van der Waals surface area contributed by atoms with Crippen molar-refractivity contribution in [1.29, 1.82) is 0 Å². The van der Waals surface area contributed by atoms with Crippen molar-refractivity contribution in [3.63, 3.8) is 0 Å².